The molecular weight excluding hydrogens is 186 g/mol. The molecule has 1 rings (SSSR count). The Balaban J connectivity index is 2.28. The summed E-state index contributed by atoms with van der Waals surface area (Å²) < 4.78 is 4.59. The lowest BCUT2D eigenvalue weighted by molar-refractivity contribution is -0.141. The number of methoxy groups -OCH3 is 1. The number of carbonyl (C=O) groups excluding carboxylic acids is 1. The van der Waals surface area contributed by atoms with E-state index in [1.807, 2.05) is 11.8 Å². The van der Waals surface area contributed by atoms with Crippen molar-refractivity contribution in [2.75, 3.05) is 18.6 Å². The Kier molecular flexibility index (Phi) is 4.59. The van der Waals surface area contributed by atoms with E-state index in [0.29, 0.717) is 12.3 Å². The van der Waals surface area contributed by atoms with E-state index in [1.165, 1.54) is 19.3 Å². The van der Waals surface area contributed by atoms with Gasteiger partial charge in [0, 0.05) is 6.04 Å². The van der Waals surface area contributed by atoms with Gasteiger partial charge in [-0.15, -0.1) is 0 Å². The van der Waals surface area contributed by atoms with Crippen LogP contribution < -0.4 is 5.73 Å². The summed E-state index contributed by atoms with van der Waals surface area (Å²) in [6, 6.07) is -0.0137. The predicted octanol–water partition coefficient (Wildman–Crippen LogP) is 1.02. The van der Waals surface area contributed by atoms with Crippen molar-refractivity contribution in [3.05, 3.63) is 0 Å². The first-order valence-corrected chi connectivity index (χ1v) is 5.79. The third-order valence-electron chi connectivity index (χ3n) is 2.43. The van der Waals surface area contributed by atoms with Crippen LogP contribution >= 0.6 is 11.8 Å². The fourth-order valence-electron chi connectivity index (χ4n) is 1.55. The maximum absolute atomic E-state index is 11.0. The van der Waals surface area contributed by atoms with Gasteiger partial charge in [-0.1, -0.05) is 0 Å². The molecule has 1 heterocycles. The van der Waals surface area contributed by atoms with Gasteiger partial charge in [0.05, 0.1) is 13.5 Å². The van der Waals surface area contributed by atoms with Gasteiger partial charge in [0.1, 0.15) is 0 Å². The van der Waals surface area contributed by atoms with Gasteiger partial charge in [0.2, 0.25) is 0 Å². The molecule has 13 heavy (non-hydrogen) atoms. The molecule has 0 radical (unpaired) electrons. The molecule has 0 spiro atoms. The maximum atomic E-state index is 11.0. The largest absolute Gasteiger partial charge is 0.469 e. The normalized spacial score (nSPS) is 25.2. The second-order valence-electron chi connectivity index (χ2n) is 3.42. The Bertz CT molecular complexity index is 169. The SMILES string of the molecule is COC(=O)CC(N)C1CCCSC1. The van der Waals surface area contributed by atoms with E-state index in [0.717, 1.165) is 12.2 Å². The summed E-state index contributed by atoms with van der Waals surface area (Å²) in [5.74, 6) is 2.64. The lowest BCUT2D eigenvalue weighted by Gasteiger charge is -2.26. The van der Waals surface area contributed by atoms with Gasteiger partial charge in [0.25, 0.3) is 0 Å². The second-order valence-corrected chi connectivity index (χ2v) is 4.57. The number of esters is 1. The molecule has 2 unspecified atom stereocenters. The Labute approximate surface area is 83.4 Å². The van der Waals surface area contributed by atoms with Crippen LogP contribution in [0, 0.1) is 5.92 Å². The average Bonchev–Trinajstić information content (AvgIpc) is 2.19. The topological polar surface area (TPSA) is 52.3 Å². The summed E-state index contributed by atoms with van der Waals surface area (Å²) in [6.45, 7) is 0. The third-order valence-corrected chi connectivity index (χ3v) is 3.67. The van der Waals surface area contributed by atoms with Crippen LogP contribution in [-0.2, 0) is 9.53 Å². The summed E-state index contributed by atoms with van der Waals surface area (Å²) >= 11 is 1.93. The maximum Gasteiger partial charge on any atom is 0.307 e. The van der Waals surface area contributed by atoms with E-state index >= 15 is 0 Å². The monoisotopic (exact) mass is 203 g/mol. The summed E-state index contributed by atoms with van der Waals surface area (Å²) in [7, 11) is 1.41. The number of hydrogen-bond acceptors (Lipinski definition) is 4. The molecule has 0 amide bonds. The lowest BCUT2D eigenvalue weighted by Crippen LogP contribution is -2.35. The summed E-state index contributed by atoms with van der Waals surface area (Å²) in [5, 5.41) is 0. The molecule has 1 fully saturated rings. The molecule has 0 saturated carbocycles. The van der Waals surface area contributed by atoms with Crippen LogP contribution in [0.2, 0.25) is 0 Å². The first kappa shape index (κ1) is 10.9. The van der Waals surface area contributed by atoms with Crippen molar-refractivity contribution in [1.82, 2.24) is 0 Å². The Morgan fingerprint density at radius 1 is 1.77 bits per heavy atom. The highest BCUT2D eigenvalue weighted by Crippen LogP contribution is 2.25. The molecule has 3 nitrogen and oxygen atoms in total. The van der Waals surface area contributed by atoms with Crippen LogP contribution in [-0.4, -0.2) is 30.6 Å². The van der Waals surface area contributed by atoms with Crippen LogP contribution in [0.4, 0.5) is 0 Å². The number of carbonyl (C=O) groups is 1. The fraction of sp³-hybridized carbons (Fsp3) is 0.889. The van der Waals surface area contributed by atoms with Crippen molar-refractivity contribution in [2.24, 2.45) is 11.7 Å². The molecule has 4 heteroatoms. The highest BCUT2D eigenvalue weighted by Gasteiger charge is 2.22. The van der Waals surface area contributed by atoms with E-state index < -0.39 is 0 Å². The molecular formula is C9H17NO2S. The van der Waals surface area contributed by atoms with Crippen molar-refractivity contribution >= 4 is 17.7 Å². The van der Waals surface area contributed by atoms with Crippen molar-refractivity contribution in [1.29, 1.82) is 0 Å². The van der Waals surface area contributed by atoms with E-state index in [-0.39, 0.29) is 12.0 Å². The van der Waals surface area contributed by atoms with Gasteiger partial charge >= 0.3 is 5.97 Å². The van der Waals surface area contributed by atoms with E-state index in [9.17, 15) is 4.79 Å². The van der Waals surface area contributed by atoms with Gasteiger partial charge in [-0.05, 0) is 30.3 Å². The Morgan fingerprint density at radius 3 is 3.08 bits per heavy atom. The molecule has 76 valence electrons. The highest BCUT2D eigenvalue weighted by atomic mass is 32.2. The van der Waals surface area contributed by atoms with Crippen molar-refractivity contribution < 1.29 is 9.53 Å². The van der Waals surface area contributed by atoms with Crippen LogP contribution in [0.25, 0.3) is 0 Å². The first-order chi connectivity index (χ1) is 6.24. The number of thioether (sulfide) groups is 1. The molecule has 1 aliphatic heterocycles. The van der Waals surface area contributed by atoms with E-state index in [4.69, 9.17) is 5.73 Å². The number of hydrogen-bond donors (Lipinski definition) is 1. The molecule has 0 aliphatic carbocycles. The van der Waals surface area contributed by atoms with Crippen LogP contribution in [0.5, 0.6) is 0 Å². The Hall–Kier alpha value is -0.220. The zero-order valence-electron chi connectivity index (χ0n) is 7.99. The zero-order valence-corrected chi connectivity index (χ0v) is 8.81. The first-order valence-electron chi connectivity index (χ1n) is 4.64. The molecule has 2 N–H and O–H groups in total. The van der Waals surface area contributed by atoms with Gasteiger partial charge in [0.15, 0.2) is 0 Å². The molecule has 1 aliphatic rings. The number of ether oxygens (including phenoxy) is 1. The minimum Gasteiger partial charge on any atom is -0.469 e. The van der Waals surface area contributed by atoms with E-state index in [2.05, 4.69) is 4.74 Å². The van der Waals surface area contributed by atoms with Crippen LogP contribution in [0.15, 0.2) is 0 Å². The molecule has 1 saturated heterocycles. The average molecular weight is 203 g/mol. The highest BCUT2D eigenvalue weighted by molar-refractivity contribution is 7.99. The minimum atomic E-state index is -0.192. The second kappa shape index (κ2) is 5.50. The van der Waals surface area contributed by atoms with Crippen molar-refractivity contribution in [3.8, 4) is 0 Å². The van der Waals surface area contributed by atoms with Gasteiger partial charge < -0.3 is 10.5 Å². The van der Waals surface area contributed by atoms with Gasteiger partial charge in [-0.25, -0.2) is 0 Å². The van der Waals surface area contributed by atoms with Gasteiger partial charge in [-0.2, -0.15) is 11.8 Å². The Morgan fingerprint density at radius 2 is 2.54 bits per heavy atom. The summed E-state index contributed by atoms with van der Waals surface area (Å²) in [4.78, 5) is 11.0. The van der Waals surface area contributed by atoms with Crippen molar-refractivity contribution in [3.63, 3.8) is 0 Å². The molecule has 2 atom stereocenters. The van der Waals surface area contributed by atoms with Gasteiger partial charge in [-0.3, -0.25) is 4.79 Å². The summed E-state index contributed by atoms with van der Waals surface area (Å²) in [5.41, 5.74) is 5.91. The molecule has 0 aromatic carbocycles. The predicted molar refractivity (Wildman–Crippen MR) is 54.7 cm³/mol. The number of rotatable bonds is 3. The summed E-state index contributed by atoms with van der Waals surface area (Å²) in [6.07, 6.45) is 2.75. The fourth-order valence-corrected chi connectivity index (χ4v) is 2.80. The van der Waals surface area contributed by atoms with E-state index in [1.54, 1.807) is 0 Å². The number of nitrogens with two attached hydrogens (primary N) is 1. The van der Waals surface area contributed by atoms with Crippen LogP contribution in [0.3, 0.4) is 0 Å². The standard InChI is InChI=1S/C9H17NO2S/c1-12-9(11)5-8(10)7-3-2-4-13-6-7/h7-8H,2-6,10H2,1H3. The smallest absolute Gasteiger partial charge is 0.307 e. The lowest BCUT2D eigenvalue weighted by atomic mass is 9.95. The van der Waals surface area contributed by atoms with Crippen molar-refractivity contribution in [2.45, 2.75) is 25.3 Å². The molecule has 0 bridgehead atoms. The molecule has 0 aromatic rings. The quantitative estimate of drug-likeness (QED) is 0.696. The molecule has 0 aromatic heterocycles. The minimum absolute atomic E-state index is 0.0137. The van der Waals surface area contributed by atoms with Crippen LogP contribution in [0.1, 0.15) is 19.3 Å². The zero-order chi connectivity index (χ0) is 9.68. The third kappa shape index (κ3) is 3.56.